The molecule has 1 atom stereocenters. The van der Waals surface area contributed by atoms with E-state index in [1.54, 1.807) is 29.4 Å². The fraction of sp³-hybridized carbons (Fsp3) is 0.438. The minimum atomic E-state index is -4.15. The molecule has 0 saturated carbocycles. The lowest BCUT2D eigenvalue weighted by Crippen LogP contribution is -2.41. The van der Waals surface area contributed by atoms with E-state index in [-0.39, 0.29) is 18.7 Å². The largest absolute Gasteiger partial charge is 0.508 e. The molecule has 3 nitrogen and oxygen atoms in total. The molecule has 1 aromatic heterocycles. The number of likely N-dealkylation sites (tertiary alicyclic amines) is 1. The van der Waals surface area contributed by atoms with Gasteiger partial charge in [0.1, 0.15) is 5.75 Å². The van der Waals surface area contributed by atoms with Crippen molar-refractivity contribution in [2.45, 2.75) is 25.6 Å². The number of halogens is 3. The number of piperidine rings is 1. The van der Waals surface area contributed by atoms with Crippen molar-refractivity contribution in [3.63, 3.8) is 0 Å². The standard InChI is InChI=1S/C16H17F3N2O/c17-16(18,19)12-2-1-7-21(9-12)10-14-13-8-20-6-5-11(13)3-4-15(14)22/h3-6,8,12,22H,1-2,7,9-10H2. The van der Waals surface area contributed by atoms with Crippen molar-refractivity contribution >= 4 is 10.8 Å². The number of nitrogens with zero attached hydrogens (tertiary/aromatic N) is 2. The minimum Gasteiger partial charge on any atom is -0.508 e. The van der Waals surface area contributed by atoms with Gasteiger partial charge in [0.05, 0.1) is 5.92 Å². The molecule has 0 amide bonds. The van der Waals surface area contributed by atoms with Gasteiger partial charge in [0.2, 0.25) is 0 Å². The zero-order valence-corrected chi connectivity index (χ0v) is 12.0. The Morgan fingerprint density at radius 1 is 1.27 bits per heavy atom. The molecule has 0 spiro atoms. The number of pyridine rings is 1. The number of hydrogen-bond acceptors (Lipinski definition) is 3. The predicted octanol–water partition coefficient (Wildman–Crippen LogP) is 3.71. The van der Waals surface area contributed by atoms with E-state index in [9.17, 15) is 18.3 Å². The molecule has 3 rings (SSSR count). The number of alkyl halides is 3. The monoisotopic (exact) mass is 310 g/mol. The summed E-state index contributed by atoms with van der Waals surface area (Å²) in [5.74, 6) is -1.17. The molecule has 1 saturated heterocycles. The summed E-state index contributed by atoms with van der Waals surface area (Å²) in [5, 5.41) is 11.8. The molecule has 1 aliphatic heterocycles. The van der Waals surface area contributed by atoms with E-state index in [1.165, 1.54) is 0 Å². The smallest absolute Gasteiger partial charge is 0.393 e. The maximum absolute atomic E-state index is 12.9. The summed E-state index contributed by atoms with van der Waals surface area (Å²) in [6.07, 6.45) is -0.141. The fourth-order valence-corrected chi connectivity index (χ4v) is 3.07. The van der Waals surface area contributed by atoms with Gasteiger partial charge >= 0.3 is 6.18 Å². The van der Waals surface area contributed by atoms with Gasteiger partial charge in [0, 0.05) is 36.4 Å². The van der Waals surface area contributed by atoms with Gasteiger partial charge in [-0.25, -0.2) is 0 Å². The summed E-state index contributed by atoms with van der Waals surface area (Å²) in [6, 6.07) is 5.19. The first-order valence-corrected chi connectivity index (χ1v) is 7.29. The van der Waals surface area contributed by atoms with Crippen molar-refractivity contribution in [1.29, 1.82) is 0 Å². The number of fused-ring (bicyclic) bond motifs is 1. The Morgan fingerprint density at radius 2 is 2.09 bits per heavy atom. The summed E-state index contributed by atoms with van der Waals surface area (Å²) in [7, 11) is 0. The maximum Gasteiger partial charge on any atom is 0.393 e. The van der Waals surface area contributed by atoms with Gasteiger partial charge in [0.15, 0.2) is 0 Å². The molecule has 1 N–H and O–H groups in total. The zero-order chi connectivity index (χ0) is 15.7. The highest BCUT2D eigenvalue weighted by atomic mass is 19.4. The number of hydrogen-bond donors (Lipinski definition) is 1. The van der Waals surface area contributed by atoms with Crippen LogP contribution in [-0.4, -0.2) is 34.3 Å². The lowest BCUT2D eigenvalue weighted by atomic mass is 9.96. The first-order chi connectivity index (χ1) is 10.4. The molecule has 0 bridgehead atoms. The number of phenols is 1. The van der Waals surface area contributed by atoms with Crippen LogP contribution in [0.15, 0.2) is 30.6 Å². The van der Waals surface area contributed by atoms with Gasteiger partial charge in [-0.1, -0.05) is 6.07 Å². The van der Waals surface area contributed by atoms with Crippen LogP contribution in [0.5, 0.6) is 5.75 Å². The summed E-state index contributed by atoms with van der Waals surface area (Å²) in [6.45, 7) is 0.906. The highest BCUT2D eigenvalue weighted by Gasteiger charge is 2.41. The second-order valence-corrected chi connectivity index (χ2v) is 5.78. The number of phenolic OH excluding ortho intramolecular Hbond substituents is 1. The lowest BCUT2D eigenvalue weighted by molar-refractivity contribution is -0.187. The van der Waals surface area contributed by atoms with Gasteiger partial charge in [-0.2, -0.15) is 13.2 Å². The quantitative estimate of drug-likeness (QED) is 0.918. The Labute approximate surface area is 126 Å². The van der Waals surface area contributed by atoms with Gasteiger partial charge < -0.3 is 5.11 Å². The topological polar surface area (TPSA) is 36.4 Å². The Hall–Kier alpha value is -1.82. The van der Waals surface area contributed by atoms with Crippen LogP contribution in [-0.2, 0) is 6.54 Å². The average Bonchev–Trinajstić information content (AvgIpc) is 2.50. The van der Waals surface area contributed by atoms with Gasteiger partial charge in [0.25, 0.3) is 0 Å². The first kappa shape index (κ1) is 15.1. The lowest BCUT2D eigenvalue weighted by Gasteiger charge is -2.34. The molecule has 2 heterocycles. The fourth-order valence-electron chi connectivity index (χ4n) is 3.07. The number of benzene rings is 1. The molecule has 2 aromatic rings. The Bertz CT molecular complexity index is 672. The normalized spacial score (nSPS) is 20.4. The zero-order valence-electron chi connectivity index (χ0n) is 12.0. The van der Waals surface area contributed by atoms with Crippen molar-refractivity contribution < 1.29 is 18.3 Å². The second-order valence-electron chi connectivity index (χ2n) is 5.78. The molecule has 1 aliphatic rings. The van der Waals surface area contributed by atoms with E-state index < -0.39 is 12.1 Å². The Morgan fingerprint density at radius 3 is 2.86 bits per heavy atom. The van der Waals surface area contributed by atoms with Crippen LogP contribution in [0.2, 0.25) is 0 Å². The molecule has 1 unspecified atom stereocenters. The van der Waals surface area contributed by atoms with E-state index in [1.807, 2.05) is 6.07 Å². The summed E-state index contributed by atoms with van der Waals surface area (Å²) >= 11 is 0. The van der Waals surface area contributed by atoms with Crippen LogP contribution in [0.1, 0.15) is 18.4 Å². The van der Waals surface area contributed by atoms with Crippen LogP contribution in [0.25, 0.3) is 10.8 Å². The van der Waals surface area contributed by atoms with E-state index in [4.69, 9.17) is 0 Å². The summed E-state index contributed by atoms with van der Waals surface area (Å²) in [4.78, 5) is 5.82. The third kappa shape index (κ3) is 3.02. The van der Waals surface area contributed by atoms with Crippen LogP contribution in [0.4, 0.5) is 13.2 Å². The number of rotatable bonds is 2. The van der Waals surface area contributed by atoms with Gasteiger partial charge in [-0.15, -0.1) is 0 Å². The SMILES string of the molecule is Oc1ccc2ccncc2c1CN1CCCC(C(F)(F)F)C1. The van der Waals surface area contributed by atoms with E-state index >= 15 is 0 Å². The third-order valence-corrected chi connectivity index (χ3v) is 4.26. The molecule has 1 fully saturated rings. The van der Waals surface area contributed by atoms with Crippen molar-refractivity contribution in [3.05, 3.63) is 36.2 Å². The summed E-state index contributed by atoms with van der Waals surface area (Å²) < 4.78 is 38.7. The predicted molar refractivity (Wildman–Crippen MR) is 77.5 cm³/mol. The van der Waals surface area contributed by atoms with E-state index in [0.29, 0.717) is 25.1 Å². The molecular formula is C16H17F3N2O. The van der Waals surface area contributed by atoms with Crippen LogP contribution in [0.3, 0.4) is 0 Å². The van der Waals surface area contributed by atoms with Crippen molar-refractivity contribution in [2.24, 2.45) is 5.92 Å². The van der Waals surface area contributed by atoms with Crippen LogP contribution < -0.4 is 0 Å². The Kier molecular flexibility index (Phi) is 3.95. The van der Waals surface area contributed by atoms with Gasteiger partial charge in [-0.3, -0.25) is 9.88 Å². The second kappa shape index (κ2) is 5.76. The van der Waals surface area contributed by atoms with Crippen LogP contribution >= 0.6 is 0 Å². The minimum absolute atomic E-state index is 0.0143. The van der Waals surface area contributed by atoms with E-state index in [2.05, 4.69) is 4.98 Å². The highest BCUT2D eigenvalue weighted by molar-refractivity contribution is 5.86. The van der Waals surface area contributed by atoms with Crippen LogP contribution in [0, 0.1) is 5.92 Å². The van der Waals surface area contributed by atoms with Crippen molar-refractivity contribution in [1.82, 2.24) is 9.88 Å². The molecule has 118 valence electrons. The molecule has 6 heteroatoms. The van der Waals surface area contributed by atoms with Crippen molar-refractivity contribution in [3.8, 4) is 5.75 Å². The number of aromatic hydroxyl groups is 1. The molecule has 0 radical (unpaired) electrons. The maximum atomic E-state index is 12.9. The summed E-state index contributed by atoms with van der Waals surface area (Å²) in [5.41, 5.74) is 0.647. The van der Waals surface area contributed by atoms with Gasteiger partial charge in [-0.05, 0) is 36.9 Å². The number of aromatic nitrogens is 1. The third-order valence-electron chi connectivity index (χ3n) is 4.26. The Balaban J connectivity index is 1.85. The van der Waals surface area contributed by atoms with E-state index in [0.717, 1.165) is 10.8 Å². The highest BCUT2D eigenvalue weighted by Crippen LogP contribution is 2.35. The van der Waals surface area contributed by atoms with Crippen molar-refractivity contribution in [2.75, 3.05) is 13.1 Å². The molecule has 22 heavy (non-hydrogen) atoms. The molecule has 1 aromatic carbocycles. The molecule has 0 aliphatic carbocycles. The first-order valence-electron chi connectivity index (χ1n) is 7.29. The average molecular weight is 310 g/mol. The molecular weight excluding hydrogens is 293 g/mol.